The van der Waals surface area contributed by atoms with Crippen molar-refractivity contribution < 1.29 is 19.0 Å². The first-order valence-corrected chi connectivity index (χ1v) is 9.19. The second-order valence-electron chi connectivity index (χ2n) is 6.42. The third-order valence-electron chi connectivity index (χ3n) is 4.64. The van der Waals surface area contributed by atoms with Crippen molar-refractivity contribution >= 4 is 5.91 Å². The maximum atomic E-state index is 12.4. The normalized spacial score (nSPS) is 11.6. The lowest BCUT2D eigenvalue weighted by Crippen LogP contribution is -2.26. The van der Waals surface area contributed by atoms with Crippen molar-refractivity contribution in [1.82, 2.24) is 5.32 Å². The fraction of sp³-hybridized carbons (Fsp3) is 0.409. The summed E-state index contributed by atoms with van der Waals surface area (Å²) in [4.78, 5) is 12.4. The molecule has 0 aliphatic rings. The molecule has 5 heteroatoms. The number of hydrogen-bond donors (Lipinski definition) is 1. The van der Waals surface area contributed by atoms with Crippen molar-refractivity contribution in [3.63, 3.8) is 0 Å². The lowest BCUT2D eigenvalue weighted by Gasteiger charge is -2.19. The molecule has 0 saturated carbocycles. The van der Waals surface area contributed by atoms with Gasteiger partial charge in [0, 0.05) is 6.42 Å². The van der Waals surface area contributed by atoms with E-state index >= 15 is 0 Å². The lowest BCUT2D eigenvalue weighted by atomic mass is 10.0. The summed E-state index contributed by atoms with van der Waals surface area (Å²) in [6.45, 7) is 4.07. The molecule has 0 aliphatic carbocycles. The number of benzene rings is 2. The summed E-state index contributed by atoms with van der Waals surface area (Å²) in [5.74, 6) is 1.70. The van der Waals surface area contributed by atoms with E-state index in [9.17, 15) is 4.79 Å². The highest BCUT2D eigenvalue weighted by Crippen LogP contribution is 2.39. The number of carbonyl (C=O) groups excluding carboxylic acids is 1. The average molecular weight is 371 g/mol. The average Bonchev–Trinajstić information content (AvgIpc) is 2.71. The van der Waals surface area contributed by atoms with Crippen LogP contribution in [0.25, 0.3) is 0 Å². The van der Waals surface area contributed by atoms with Gasteiger partial charge < -0.3 is 19.5 Å². The molecule has 0 aromatic heterocycles. The minimum Gasteiger partial charge on any atom is -0.493 e. The van der Waals surface area contributed by atoms with Crippen LogP contribution in [0.15, 0.2) is 36.4 Å². The van der Waals surface area contributed by atoms with Gasteiger partial charge in [0.15, 0.2) is 11.5 Å². The largest absolute Gasteiger partial charge is 0.493 e. The Bertz CT molecular complexity index is 730. The van der Waals surface area contributed by atoms with Crippen LogP contribution < -0.4 is 19.5 Å². The zero-order valence-electron chi connectivity index (χ0n) is 16.8. The van der Waals surface area contributed by atoms with Crippen molar-refractivity contribution in [3.8, 4) is 17.2 Å². The Kier molecular flexibility index (Phi) is 7.53. The van der Waals surface area contributed by atoms with E-state index in [4.69, 9.17) is 14.2 Å². The van der Waals surface area contributed by atoms with Gasteiger partial charge in [-0.25, -0.2) is 0 Å². The fourth-order valence-corrected chi connectivity index (χ4v) is 2.95. The molecule has 2 aromatic carbocycles. The number of hydrogen-bond acceptors (Lipinski definition) is 4. The molecule has 27 heavy (non-hydrogen) atoms. The molecule has 0 aliphatic heterocycles. The molecule has 5 nitrogen and oxygen atoms in total. The molecular weight excluding hydrogens is 342 g/mol. The van der Waals surface area contributed by atoms with Crippen molar-refractivity contribution in [2.75, 3.05) is 21.3 Å². The van der Waals surface area contributed by atoms with Crippen molar-refractivity contribution in [2.24, 2.45) is 0 Å². The number of rotatable bonds is 9. The minimum absolute atomic E-state index is 0.0100. The summed E-state index contributed by atoms with van der Waals surface area (Å²) in [7, 11) is 4.72. The quantitative estimate of drug-likeness (QED) is 0.721. The molecule has 1 atom stereocenters. The molecular formula is C22H29NO4. The van der Waals surface area contributed by atoms with Crippen LogP contribution in [0.5, 0.6) is 17.2 Å². The van der Waals surface area contributed by atoms with Gasteiger partial charge in [-0.1, -0.05) is 31.2 Å². The summed E-state index contributed by atoms with van der Waals surface area (Å²) in [6, 6.07) is 12.0. The van der Waals surface area contributed by atoms with E-state index in [1.807, 2.05) is 19.1 Å². The molecule has 0 radical (unpaired) electrons. The number of methoxy groups -OCH3 is 3. The van der Waals surface area contributed by atoms with E-state index in [2.05, 4.69) is 36.5 Å². The third kappa shape index (κ3) is 5.39. The van der Waals surface area contributed by atoms with Crippen LogP contribution in [0.1, 0.15) is 43.0 Å². The summed E-state index contributed by atoms with van der Waals surface area (Å²) < 4.78 is 16.1. The molecule has 0 spiro atoms. The number of aryl methyl sites for hydroxylation is 2. The Morgan fingerprint density at radius 3 is 2.00 bits per heavy atom. The lowest BCUT2D eigenvalue weighted by molar-refractivity contribution is -0.121. The van der Waals surface area contributed by atoms with Gasteiger partial charge in [-0.15, -0.1) is 0 Å². The zero-order chi connectivity index (χ0) is 19.8. The van der Waals surface area contributed by atoms with E-state index in [0.29, 0.717) is 23.7 Å². The summed E-state index contributed by atoms with van der Waals surface area (Å²) in [5, 5.41) is 3.04. The second-order valence-corrected chi connectivity index (χ2v) is 6.42. The Hall–Kier alpha value is -2.69. The van der Waals surface area contributed by atoms with Gasteiger partial charge in [-0.3, -0.25) is 4.79 Å². The molecule has 0 heterocycles. The number of amides is 1. The maximum Gasteiger partial charge on any atom is 0.220 e. The maximum absolute atomic E-state index is 12.4. The van der Waals surface area contributed by atoms with Gasteiger partial charge in [-0.05, 0) is 48.6 Å². The van der Waals surface area contributed by atoms with Gasteiger partial charge in [0.05, 0.1) is 27.4 Å². The van der Waals surface area contributed by atoms with Crippen LogP contribution in [-0.4, -0.2) is 27.2 Å². The van der Waals surface area contributed by atoms with E-state index in [1.165, 1.54) is 11.1 Å². The Balaban J connectivity index is 2.00. The molecule has 2 aromatic rings. The summed E-state index contributed by atoms with van der Waals surface area (Å²) in [5.41, 5.74) is 3.37. The topological polar surface area (TPSA) is 56.8 Å². The third-order valence-corrected chi connectivity index (χ3v) is 4.64. The van der Waals surface area contributed by atoms with Crippen LogP contribution in [0, 0.1) is 0 Å². The van der Waals surface area contributed by atoms with E-state index in [1.54, 1.807) is 21.3 Å². The van der Waals surface area contributed by atoms with Crippen LogP contribution in [0.3, 0.4) is 0 Å². The Morgan fingerprint density at radius 2 is 1.52 bits per heavy atom. The molecule has 2 rings (SSSR count). The van der Waals surface area contributed by atoms with Gasteiger partial charge >= 0.3 is 0 Å². The van der Waals surface area contributed by atoms with Gasteiger partial charge in [0.2, 0.25) is 11.7 Å². The molecule has 146 valence electrons. The Morgan fingerprint density at radius 1 is 0.963 bits per heavy atom. The molecule has 0 fully saturated rings. The van der Waals surface area contributed by atoms with Gasteiger partial charge in [0.1, 0.15) is 0 Å². The zero-order valence-corrected chi connectivity index (χ0v) is 16.8. The smallest absolute Gasteiger partial charge is 0.220 e. The summed E-state index contributed by atoms with van der Waals surface area (Å²) in [6.07, 6.45) is 2.19. The first-order chi connectivity index (χ1) is 13.0. The first kappa shape index (κ1) is 20.6. The van der Waals surface area contributed by atoms with Crippen LogP contribution in [-0.2, 0) is 17.6 Å². The van der Waals surface area contributed by atoms with Crippen LogP contribution in [0.4, 0.5) is 0 Å². The van der Waals surface area contributed by atoms with E-state index in [-0.39, 0.29) is 11.9 Å². The fourth-order valence-electron chi connectivity index (χ4n) is 2.95. The number of carbonyl (C=O) groups is 1. The SMILES string of the molecule is CCc1ccc(CCC(=O)NC(C)c2cc(OC)c(OC)c(OC)c2)cc1. The highest BCUT2D eigenvalue weighted by atomic mass is 16.5. The van der Waals surface area contributed by atoms with Crippen molar-refractivity contribution in [1.29, 1.82) is 0 Å². The second kappa shape index (κ2) is 9.86. The van der Waals surface area contributed by atoms with Crippen molar-refractivity contribution in [2.45, 2.75) is 39.2 Å². The Labute approximate surface area is 161 Å². The molecule has 0 saturated heterocycles. The van der Waals surface area contributed by atoms with Gasteiger partial charge in [0.25, 0.3) is 0 Å². The predicted octanol–water partition coefficient (Wildman–Crippen LogP) is 4.08. The number of ether oxygens (including phenoxy) is 3. The molecule has 1 amide bonds. The van der Waals surface area contributed by atoms with E-state index < -0.39 is 0 Å². The molecule has 0 bridgehead atoms. The van der Waals surface area contributed by atoms with E-state index in [0.717, 1.165) is 18.4 Å². The first-order valence-electron chi connectivity index (χ1n) is 9.19. The van der Waals surface area contributed by atoms with Crippen LogP contribution >= 0.6 is 0 Å². The molecule has 1 N–H and O–H groups in total. The van der Waals surface area contributed by atoms with Gasteiger partial charge in [-0.2, -0.15) is 0 Å². The number of nitrogens with one attached hydrogen (secondary N) is 1. The highest BCUT2D eigenvalue weighted by Gasteiger charge is 2.17. The minimum atomic E-state index is -0.173. The standard InChI is InChI=1S/C22H29NO4/c1-6-16-7-9-17(10-8-16)11-12-21(24)23-15(2)18-13-19(25-3)22(27-5)20(14-18)26-4/h7-10,13-15H,6,11-12H2,1-5H3,(H,23,24). The highest BCUT2D eigenvalue weighted by molar-refractivity contribution is 5.76. The molecule has 1 unspecified atom stereocenters. The van der Waals surface area contributed by atoms with Crippen LogP contribution in [0.2, 0.25) is 0 Å². The monoisotopic (exact) mass is 371 g/mol. The van der Waals surface area contributed by atoms with Crippen molar-refractivity contribution in [3.05, 3.63) is 53.1 Å². The predicted molar refractivity (Wildman–Crippen MR) is 107 cm³/mol. The summed E-state index contributed by atoms with van der Waals surface area (Å²) >= 11 is 0.